The maximum absolute atomic E-state index is 12.4. The first-order valence-corrected chi connectivity index (χ1v) is 7.81. The smallest absolute Gasteiger partial charge is 0.265 e. The first-order chi connectivity index (χ1) is 11.2. The normalized spacial score (nSPS) is 11.9. The highest BCUT2D eigenvalue weighted by Gasteiger charge is 2.20. The summed E-state index contributed by atoms with van der Waals surface area (Å²) in [5.74, 6) is -0.244. The van der Waals surface area contributed by atoms with Crippen molar-refractivity contribution in [3.05, 3.63) is 59.4 Å². The van der Waals surface area contributed by atoms with Gasteiger partial charge in [0.2, 0.25) is 0 Å². The summed E-state index contributed by atoms with van der Waals surface area (Å²) in [6.45, 7) is 1.91. The lowest BCUT2D eigenvalue weighted by Gasteiger charge is -2.13. The Morgan fingerprint density at radius 3 is 2.70 bits per heavy atom. The van der Waals surface area contributed by atoms with Gasteiger partial charge in [0.05, 0.1) is 17.4 Å². The van der Waals surface area contributed by atoms with Gasteiger partial charge in [0.15, 0.2) is 0 Å². The zero-order valence-electron chi connectivity index (χ0n) is 12.4. The molecule has 3 aromatic heterocycles. The van der Waals surface area contributed by atoms with Gasteiger partial charge in [-0.2, -0.15) is 4.37 Å². The summed E-state index contributed by atoms with van der Waals surface area (Å²) in [6, 6.07) is 9.06. The summed E-state index contributed by atoms with van der Waals surface area (Å²) < 4.78 is 4.27. The molecule has 3 heterocycles. The maximum atomic E-state index is 12.4. The van der Waals surface area contributed by atoms with Crippen LogP contribution in [0.5, 0.6) is 0 Å². The molecule has 0 aliphatic carbocycles. The molecule has 0 unspecified atom stereocenters. The second-order valence-corrected chi connectivity index (χ2v) is 5.74. The Kier molecular flexibility index (Phi) is 4.29. The van der Waals surface area contributed by atoms with Crippen molar-refractivity contribution in [1.29, 1.82) is 0 Å². The summed E-state index contributed by atoms with van der Waals surface area (Å²) in [6.07, 6.45) is 5.05. The van der Waals surface area contributed by atoms with E-state index in [-0.39, 0.29) is 11.9 Å². The predicted molar refractivity (Wildman–Crippen MR) is 89.9 cm³/mol. The van der Waals surface area contributed by atoms with Gasteiger partial charge in [-0.1, -0.05) is 6.07 Å². The molecule has 1 amide bonds. The molecule has 0 radical (unpaired) electrons. The standard InChI is InChI=1S/C16H15N5OS/c1-10(11-5-8-18-9-6-11)20-16(22)15-13(17)14(21-23-15)12-4-2-3-7-19-12/h2-10H,17H2,1H3,(H,20,22)/t10-/m0/s1. The Morgan fingerprint density at radius 1 is 1.22 bits per heavy atom. The van der Waals surface area contributed by atoms with Gasteiger partial charge >= 0.3 is 0 Å². The van der Waals surface area contributed by atoms with E-state index in [2.05, 4.69) is 19.7 Å². The van der Waals surface area contributed by atoms with Gasteiger partial charge in [0.1, 0.15) is 10.6 Å². The van der Waals surface area contributed by atoms with Crippen LogP contribution in [-0.2, 0) is 0 Å². The van der Waals surface area contributed by atoms with Crippen LogP contribution in [0.25, 0.3) is 11.4 Å². The Morgan fingerprint density at radius 2 is 2.00 bits per heavy atom. The summed E-state index contributed by atoms with van der Waals surface area (Å²) in [5, 5.41) is 2.92. The van der Waals surface area contributed by atoms with Crippen molar-refractivity contribution in [3.63, 3.8) is 0 Å². The van der Waals surface area contributed by atoms with Crippen LogP contribution in [0.3, 0.4) is 0 Å². The number of carbonyl (C=O) groups is 1. The van der Waals surface area contributed by atoms with Crippen LogP contribution in [-0.4, -0.2) is 20.2 Å². The molecular weight excluding hydrogens is 310 g/mol. The van der Waals surface area contributed by atoms with Crippen molar-refractivity contribution >= 4 is 23.1 Å². The molecular formula is C16H15N5OS. The number of nitrogen functional groups attached to an aromatic ring is 1. The molecule has 0 aliphatic heterocycles. The quantitative estimate of drug-likeness (QED) is 0.769. The molecule has 0 saturated carbocycles. The van der Waals surface area contributed by atoms with Crippen LogP contribution in [0.4, 0.5) is 5.69 Å². The topological polar surface area (TPSA) is 93.8 Å². The molecule has 0 saturated heterocycles. The van der Waals surface area contributed by atoms with Crippen molar-refractivity contribution in [3.8, 4) is 11.4 Å². The summed E-state index contributed by atoms with van der Waals surface area (Å²) in [7, 11) is 0. The zero-order chi connectivity index (χ0) is 16.2. The molecule has 3 N–H and O–H groups in total. The Balaban J connectivity index is 1.80. The molecule has 3 rings (SSSR count). The molecule has 1 atom stereocenters. The van der Waals surface area contributed by atoms with Gasteiger partial charge < -0.3 is 11.1 Å². The molecule has 6 nitrogen and oxygen atoms in total. The maximum Gasteiger partial charge on any atom is 0.265 e. The third-order valence-electron chi connectivity index (χ3n) is 3.40. The number of hydrogen-bond acceptors (Lipinski definition) is 6. The molecule has 7 heteroatoms. The van der Waals surface area contributed by atoms with Crippen molar-refractivity contribution in [2.24, 2.45) is 0 Å². The number of hydrogen-bond donors (Lipinski definition) is 2. The number of amides is 1. The van der Waals surface area contributed by atoms with Crippen LogP contribution in [0.2, 0.25) is 0 Å². The number of carbonyl (C=O) groups excluding carboxylic acids is 1. The van der Waals surface area contributed by atoms with E-state index in [0.29, 0.717) is 22.0 Å². The largest absolute Gasteiger partial charge is 0.396 e. The van der Waals surface area contributed by atoms with Crippen molar-refractivity contribution < 1.29 is 4.79 Å². The van der Waals surface area contributed by atoms with Crippen molar-refractivity contribution in [2.75, 3.05) is 5.73 Å². The number of aromatic nitrogens is 3. The van der Waals surface area contributed by atoms with Gasteiger partial charge in [0, 0.05) is 18.6 Å². The minimum atomic E-state index is -0.244. The first-order valence-electron chi connectivity index (χ1n) is 7.04. The van der Waals surface area contributed by atoms with E-state index >= 15 is 0 Å². The number of rotatable bonds is 4. The van der Waals surface area contributed by atoms with Gasteiger partial charge in [0.25, 0.3) is 5.91 Å². The van der Waals surface area contributed by atoms with Crippen LogP contribution >= 0.6 is 11.5 Å². The van der Waals surface area contributed by atoms with Gasteiger partial charge in [-0.15, -0.1) is 0 Å². The lowest BCUT2D eigenvalue weighted by Crippen LogP contribution is -2.26. The molecule has 0 spiro atoms. The minimum absolute atomic E-state index is 0.148. The van der Waals surface area contributed by atoms with E-state index in [0.717, 1.165) is 17.1 Å². The highest BCUT2D eigenvalue weighted by molar-refractivity contribution is 7.09. The number of nitrogens with zero attached hydrogens (tertiary/aromatic N) is 3. The summed E-state index contributed by atoms with van der Waals surface area (Å²) in [4.78, 5) is 21.0. The van der Waals surface area contributed by atoms with Crippen LogP contribution in [0.1, 0.15) is 28.2 Å². The van der Waals surface area contributed by atoms with Gasteiger partial charge in [-0.05, 0) is 48.3 Å². The Bertz CT molecular complexity index is 804. The molecule has 23 heavy (non-hydrogen) atoms. The number of nitrogens with one attached hydrogen (secondary N) is 1. The fraction of sp³-hybridized carbons (Fsp3) is 0.125. The second-order valence-electron chi connectivity index (χ2n) is 4.96. The molecule has 0 aromatic carbocycles. The van der Waals surface area contributed by atoms with E-state index in [1.807, 2.05) is 37.3 Å². The van der Waals surface area contributed by atoms with Gasteiger partial charge in [-0.3, -0.25) is 14.8 Å². The molecule has 0 aliphatic rings. The predicted octanol–water partition coefficient (Wildman–Crippen LogP) is 2.67. The second kappa shape index (κ2) is 6.53. The van der Waals surface area contributed by atoms with E-state index in [4.69, 9.17) is 5.73 Å². The molecule has 0 bridgehead atoms. The fourth-order valence-corrected chi connectivity index (χ4v) is 2.86. The number of pyridine rings is 2. The number of anilines is 1. The van der Waals surface area contributed by atoms with E-state index in [9.17, 15) is 4.79 Å². The van der Waals surface area contributed by atoms with E-state index in [1.54, 1.807) is 18.6 Å². The van der Waals surface area contributed by atoms with Crippen molar-refractivity contribution in [2.45, 2.75) is 13.0 Å². The van der Waals surface area contributed by atoms with Crippen LogP contribution in [0.15, 0.2) is 48.9 Å². The molecule has 3 aromatic rings. The van der Waals surface area contributed by atoms with Gasteiger partial charge in [-0.25, -0.2) is 0 Å². The van der Waals surface area contributed by atoms with Crippen molar-refractivity contribution in [1.82, 2.24) is 19.7 Å². The third-order valence-corrected chi connectivity index (χ3v) is 4.26. The minimum Gasteiger partial charge on any atom is -0.396 e. The van der Waals surface area contributed by atoms with Crippen LogP contribution < -0.4 is 11.1 Å². The molecule has 116 valence electrons. The van der Waals surface area contributed by atoms with E-state index < -0.39 is 0 Å². The third kappa shape index (κ3) is 3.19. The zero-order valence-corrected chi connectivity index (χ0v) is 13.2. The first kappa shape index (κ1) is 15.1. The lowest BCUT2D eigenvalue weighted by molar-refractivity contribution is 0.0945. The highest BCUT2D eigenvalue weighted by Crippen LogP contribution is 2.29. The SMILES string of the molecule is C[C@H](NC(=O)c1snc(-c2ccccn2)c1N)c1ccncc1. The average molecular weight is 325 g/mol. The Hall–Kier alpha value is -2.80. The fourth-order valence-electron chi connectivity index (χ4n) is 2.15. The average Bonchev–Trinajstić information content (AvgIpc) is 2.98. The highest BCUT2D eigenvalue weighted by atomic mass is 32.1. The molecule has 0 fully saturated rings. The van der Waals surface area contributed by atoms with Crippen LogP contribution in [0, 0.1) is 0 Å². The number of nitrogens with two attached hydrogens (primary N) is 1. The van der Waals surface area contributed by atoms with E-state index in [1.165, 1.54) is 0 Å². The lowest BCUT2D eigenvalue weighted by atomic mass is 10.1. The monoisotopic (exact) mass is 325 g/mol. The summed E-state index contributed by atoms with van der Waals surface area (Å²) in [5.41, 5.74) is 8.61. The summed E-state index contributed by atoms with van der Waals surface area (Å²) >= 11 is 1.08. The Labute approximate surface area is 137 Å².